The Bertz CT molecular complexity index is 2300. The average Bonchev–Trinajstić information content (AvgIpc) is 3.98. The molecule has 6 rings (SSSR count). The Labute approximate surface area is 406 Å². The number of carbonyl (C=O) groups is 7. The fourth-order valence-corrected chi connectivity index (χ4v) is 10.1. The first-order valence-electron chi connectivity index (χ1n) is 25.2. The standard InChI is InChI=1S/C53H74N8O8/c1-53(2,3)69-52(68)61-34-39(40-21-11-12-23-43(40)61)31-42-45(62)32-37(20-13-28-57-51(54)55-4)48(65)56-27-14-22-41(58-47(64)26-25-35-16-7-5-8-17-35)50(67)60-29-15-24-44(60)46(63)33-38(49(66)59-42)30-36-18-9-6-10-19-36/h5,7-8,11-12,16-17,21,23,34,36-38,41-42,44H,6,9-10,13-15,18-20,22,24-33H2,1-4H3,(H,56,65)(H,58,64)(H,59,66)(H3,54,55,57)/t37-,38+,41+,42+,44+/m1/s1. The molecule has 3 aliphatic rings. The number of ketones is 2. The van der Waals surface area contributed by atoms with E-state index >= 15 is 0 Å². The van der Waals surface area contributed by atoms with Crippen molar-refractivity contribution in [3.05, 3.63) is 71.9 Å². The molecule has 3 aromatic rings. The maximum Gasteiger partial charge on any atom is 0.419 e. The van der Waals surface area contributed by atoms with Crippen LogP contribution in [-0.4, -0.2) is 107 Å². The zero-order valence-corrected chi connectivity index (χ0v) is 41.1. The van der Waals surface area contributed by atoms with Crippen molar-refractivity contribution >= 4 is 58.2 Å². The third-order valence-electron chi connectivity index (χ3n) is 13.8. The van der Waals surface area contributed by atoms with Crippen LogP contribution in [0, 0.1) is 17.8 Å². The number of nitrogens with one attached hydrogen (secondary N) is 4. The minimum Gasteiger partial charge on any atom is -0.443 e. The third-order valence-corrected chi connectivity index (χ3v) is 13.8. The van der Waals surface area contributed by atoms with Crippen molar-refractivity contribution < 1.29 is 38.3 Å². The smallest absolute Gasteiger partial charge is 0.419 e. The molecule has 2 aromatic carbocycles. The molecule has 5 atom stereocenters. The maximum absolute atomic E-state index is 14.9. The number of hydrogen-bond donors (Lipinski definition) is 5. The van der Waals surface area contributed by atoms with Crippen LogP contribution in [-0.2, 0) is 46.3 Å². The van der Waals surface area contributed by atoms with Crippen molar-refractivity contribution in [1.82, 2.24) is 30.7 Å². The lowest BCUT2D eigenvalue weighted by atomic mass is 9.80. The van der Waals surface area contributed by atoms with Gasteiger partial charge in [-0.15, -0.1) is 0 Å². The van der Waals surface area contributed by atoms with Crippen LogP contribution >= 0.6 is 0 Å². The van der Waals surface area contributed by atoms with Gasteiger partial charge in [-0.3, -0.25) is 38.3 Å². The number of ether oxygens (including phenoxy) is 1. The summed E-state index contributed by atoms with van der Waals surface area (Å²) in [5, 5.41) is 12.8. The first kappa shape index (κ1) is 52.3. The Morgan fingerprint density at radius 1 is 0.855 bits per heavy atom. The van der Waals surface area contributed by atoms with E-state index in [4.69, 9.17) is 10.5 Å². The molecule has 1 saturated carbocycles. The molecule has 6 N–H and O–H groups in total. The Hall–Kier alpha value is -6.06. The minimum atomic E-state index is -1.12. The Kier molecular flexibility index (Phi) is 18.9. The number of para-hydroxylation sites is 1. The summed E-state index contributed by atoms with van der Waals surface area (Å²) in [5.74, 6) is -3.18. The van der Waals surface area contributed by atoms with Gasteiger partial charge in [-0.2, -0.15) is 0 Å². The zero-order valence-electron chi connectivity index (χ0n) is 41.1. The molecule has 2 saturated heterocycles. The molecule has 0 unspecified atom stereocenters. The topological polar surface area (TPSA) is 223 Å². The van der Waals surface area contributed by atoms with Crippen molar-refractivity contribution in [2.24, 2.45) is 28.5 Å². The summed E-state index contributed by atoms with van der Waals surface area (Å²) in [6, 6.07) is 14.1. The van der Waals surface area contributed by atoms with Gasteiger partial charge < -0.3 is 36.6 Å². The molecule has 16 nitrogen and oxygen atoms in total. The second-order valence-corrected chi connectivity index (χ2v) is 20.2. The number of aromatic nitrogens is 1. The highest BCUT2D eigenvalue weighted by molar-refractivity contribution is 5.98. The number of carbonyl (C=O) groups excluding carboxylic acids is 7. The maximum atomic E-state index is 14.9. The lowest BCUT2D eigenvalue weighted by Crippen LogP contribution is -2.52. The van der Waals surface area contributed by atoms with E-state index < -0.39 is 47.6 Å². The number of benzene rings is 2. The average molecular weight is 951 g/mol. The van der Waals surface area contributed by atoms with Gasteiger partial charge in [-0.1, -0.05) is 80.6 Å². The minimum absolute atomic E-state index is 0.00767. The van der Waals surface area contributed by atoms with Crippen molar-refractivity contribution in [3.8, 4) is 0 Å². The lowest BCUT2D eigenvalue weighted by Gasteiger charge is -2.31. The summed E-state index contributed by atoms with van der Waals surface area (Å²) in [6.45, 7) is 6.24. The first-order valence-corrected chi connectivity index (χ1v) is 25.2. The molecule has 0 spiro atoms. The number of Topliss-reactive ketones (excluding diaryl/α,β-unsaturated/α-hetero) is 2. The van der Waals surface area contributed by atoms with Crippen molar-refractivity contribution in [2.45, 2.75) is 154 Å². The molecule has 374 valence electrons. The number of hydrogen-bond acceptors (Lipinski definition) is 9. The van der Waals surface area contributed by atoms with Crippen molar-refractivity contribution in [3.63, 3.8) is 0 Å². The Morgan fingerprint density at radius 2 is 1.58 bits per heavy atom. The zero-order chi connectivity index (χ0) is 49.5. The molecule has 1 aliphatic carbocycles. The predicted octanol–water partition coefficient (Wildman–Crippen LogP) is 5.91. The van der Waals surface area contributed by atoms with Gasteiger partial charge in [0, 0.05) is 75.8 Å². The molecule has 0 bridgehead atoms. The largest absolute Gasteiger partial charge is 0.443 e. The lowest BCUT2D eigenvalue weighted by molar-refractivity contribution is -0.142. The molecular weight excluding hydrogens is 877 g/mol. The summed E-state index contributed by atoms with van der Waals surface area (Å²) < 4.78 is 7.16. The third kappa shape index (κ3) is 15.2. The van der Waals surface area contributed by atoms with Crippen molar-refractivity contribution in [1.29, 1.82) is 0 Å². The predicted molar refractivity (Wildman–Crippen MR) is 265 cm³/mol. The van der Waals surface area contributed by atoms with E-state index in [-0.39, 0.29) is 79.8 Å². The summed E-state index contributed by atoms with van der Waals surface area (Å²) >= 11 is 0. The van der Waals surface area contributed by atoms with Crippen LogP contribution < -0.4 is 27.0 Å². The number of rotatable bonds is 12. The Balaban J connectivity index is 1.33. The summed E-state index contributed by atoms with van der Waals surface area (Å²) in [7, 11) is 1.56. The number of guanidine groups is 1. The fraction of sp³-hybridized carbons (Fsp3) is 0.585. The first-order chi connectivity index (χ1) is 33.1. The Morgan fingerprint density at radius 3 is 2.32 bits per heavy atom. The van der Waals surface area contributed by atoms with E-state index in [2.05, 4.69) is 26.3 Å². The molecule has 3 heterocycles. The van der Waals surface area contributed by atoms with Gasteiger partial charge in [0.15, 0.2) is 17.5 Å². The van der Waals surface area contributed by atoms with Gasteiger partial charge in [0.05, 0.1) is 17.6 Å². The molecule has 4 amide bonds. The molecule has 1 aromatic heterocycles. The van der Waals surface area contributed by atoms with Crippen LogP contribution in [0.2, 0.25) is 0 Å². The van der Waals surface area contributed by atoms with E-state index in [0.29, 0.717) is 74.5 Å². The molecular formula is C53H74N8O8. The number of fused-ring (bicyclic) bond motifs is 2. The van der Waals surface area contributed by atoms with Gasteiger partial charge in [0.2, 0.25) is 23.6 Å². The van der Waals surface area contributed by atoms with Crippen LogP contribution in [0.4, 0.5) is 4.79 Å². The normalized spacial score (nSPS) is 23.1. The van der Waals surface area contributed by atoms with E-state index in [1.54, 1.807) is 45.0 Å². The monoisotopic (exact) mass is 951 g/mol. The van der Waals surface area contributed by atoms with E-state index in [1.165, 1.54) is 4.57 Å². The number of aryl methyl sites for hydroxylation is 1. The SMILES string of the molecule is CN=C(N)NCCC[C@@H]1CC(=O)[C@H](Cc2cn(C(=O)OC(C)(C)C)c3ccccc23)NC(=O)[C@@H](CC2CCCCC2)CC(=O)[C@@H]2CCCN2C(=O)[C@@H](NC(=O)CCc2ccccc2)CCCNC1=O. The van der Waals surface area contributed by atoms with Gasteiger partial charge in [-0.25, -0.2) is 4.79 Å². The van der Waals surface area contributed by atoms with Crippen LogP contribution in [0.15, 0.2) is 65.8 Å². The molecule has 0 radical (unpaired) electrons. The van der Waals surface area contributed by atoms with Gasteiger partial charge in [0.1, 0.15) is 11.6 Å². The highest BCUT2D eigenvalue weighted by Crippen LogP contribution is 2.33. The van der Waals surface area contributed by atoms with Crippen LogP contribution in [0.3, 0.4) is 0 Å². The number of nitrogens with two attached hydrogens (primary N) is 1. The van der Waals surface area contributed by atoms with Crippen LogP contribution in [0.1, 0.15) is 128 Å². The van der Waals surface area contributed by atoms with E-state index in [9.17, 15) is 33.6 Å². The van der Waals surface area contributed by atoms with Crippen LogP contribution in [0.5, 0.6) is 0 Å². The van der Waals surface area contributed by atoms with Gasteiger partial charge in [0.25, 0.3) is 0 Å². The van der Waals surface area contributed by atoms with Crippen LogP contribution in [0.25, 0.3) is 10.9 Å². The second kappa shape index (κ2) is 25.0. The number of nitrogens with zero attached hydrogens (tertiary/aromatic N) is 3. The van der Waals surface area contributed by atoms with E-state index in [1.807, 2.05) is 48.5 Å². The highest BCUT2D eigenvalue weighted by Gasteiger charge is 2.40. The van der Waals surface area contributed by atoms with Crippen molar-refractivity contribution in [2.75, 3.05) is 26.7 Å². The number of amides is 4. The summed E-state index contributed by atoms with van der Waals surface area (Å²) in [4.78, 5) is 106. The van der Waals surface area contributed by atoms with Gasteiger partial charge >= 0.3 is 6.09 Å². The molecule has 69 heavy (non-hydrogen) atoms. The molecule has 16 heteroatoms. The molecule has 3 fully saturated rings. The van der Waals surface area contributed by atoms with E-state index in [0.717, 1.165) is 37.7 Å². The fourth-order valence-electron chi connectivity index (χ4n) is 10.1. The summed E-state index contributed by atoms with van der Waals surface area (Å²) in [6.07, 6.45) is 9.17. The second-order valence-electron chi connectivity index (χ2n) is 20.2. The van der Waals surface area contributed by atoms with Gasteiger partial charge in [-0.05, 0) is 95.2 Å². The highest BCUT2D eigenvalue weighted by atomic mass is 16.6. The number of aliphatic imine (C=N–C) groups is 1. The molecule has 2 aliphatic heterocycles. The quantitative estimate of drug-likeness (QED) is 0.0821. The summed E-state index contributed by atoms with van der Waals surface area (Å²) in [5.41, 5.74) is 7.30.